The van der Waals surface area contributed by atoms with Gasteiger partial charge in [-0.15, -0.1) is 0 Å². The molecule has 2 amide bonds. The van der Waals surface area contributed by atoms with Gasteiger partial charge in [0, 0.05) is 32.7 Å². The fraction of sp³-hybridized carbons (Fsp3) is 0.533. The lowest BCUT2D eigenvalue weighted by molar-refractivity contribution is 0.202. The SMILES string of the molecule is CCN1CCC(NC(=O)N(C)Cc2ccc3nsnc3c2)C1. The van der Waals surface area contributed by atoms with Crippen molar-refractivity contribution in [2.24, 2.45) is 0 Å². The minimum absolute atomic E-state index is 0.0144. The van der Waals surface area contributed by atoms with E-state index in [2.05, 4.69) is 25.9 Å². The number of nitrogens with one attached hydrogen (secondary N) is 1. The van der Waals surface area contributed by atoms with Crippen molar-refractivity contribution in [3.63, 3.8) is 0 Å². The maximum Gasteiger partial charge on any atom is 0.317 e. The van der Waals surface area contributed by atoms with Crippen LogP contribution in [0.25, 0.3) is 11.0 Å². The van der Waals surface area contributed by atoms with E-state index in [1.165, 1.54) is 11.7 Å². The predicted molar refractivity (Wildman–Crippen MR) is 87.9 cm³/mol. The number of benzene rings is 1. The summed E-state index contributed by atoms with van der Waals surface area (Å²) in [4.78, 5) is 16.4. The molecule has 2 aromatic rings. The Morgan fingerprint density at radius 1 is 1.45 bits per heavy atom. The van der Waals surface area contributed by atoms with Gasteiger partial charge < -0.3 is 15.1 Å². The van der Waals surface area contributed by atoms with Gasteiger partial charge in [0.15, 0.2) is 0 Å². The van der Waals surface area contributed by atoms with Gasteiger partial charge in [-0.1, -0.05) is 13.0 Å². The second kappa shape index (κ2) is 6.58. The third kappa shape index (κ3) is 3.36. The molecule has 0 saturated carbocycles. The molecule has 6 nitrogen and oxygen atoms in total. The van der Waals surface area contributed by atoms with Gasteiger partial charge in [-0.25, -0.2) is 4.79 Å². The Hall–Kier alpha value is -1.73. The summed E-state index contributed by atoms with van der Waals surface area (Å²) in [5.41, 5.74) is 2.87. The first-order chi connectivity index (χ1) is 10.7. The monoisotopic (exact) mass is 319 g/mol. The molecule has 1 aliphatic heterocycles. The van der Waals surface area contributed by atoms with Crippen LogP contribution in [0.2, 0.25) is 0 Å². The number of likely N-dealkylation sites (N-methyl/N-ethyl adjacent to an activating group) is 1. The van der Waals surface area contributed by atoms with Gasteiger partial charge in [-0.05, 0) is 30.7 Å². The number of amides is 2. The van der Waals surface area contributed by atoms with Crippen LogP contribution >= 0.6 is 11.7 Å². The van der Waals surface area contributed by atoms with Gasteiger partial charge in [-0.3, -0.25) is 0 Å². The Morgan fingerprint density at radius 3 is 3.05 bits per heavy atom. The third-order valence-corrected chi connectivity index (χ3v) is 4.69. The summed E-state index contributed by atoms with van der Waals surface area (Å²) in [5.74, 6) is 0. The van der Waals surface area contributed by atoms with Crippen molar-refractivity contribution in [2.75, 3.05) is 26.7 Å². The maximum atomic E-state index is 12.3. The molecular formula is C15H21N5OS. The average molecular weight is 319 g/mol. The second-order valence-electron chi connectivity index (χ2n) is 5.77. The molecule has 1 aromatic heterocycles. The smallest absolute Gasteiger partial charge is 0.317 e. The number of urea groups is 1. The predicted octanol–water partition coefficient (Wildman–Crippen LogP) is 1.93. The van der Waals surface area contributed by atoms with Crippen molar-refractivity contribution in [3.05, 3.63) is 23.8 Å². The summed E-state index contributed by atoms with van der Waals surface area (Å²) < 4.78 is 8.43. The zero-order valence-electron chi connectivity index (χ0n) is 13.0. The van der Waals surface area contributed by atoms with Crippen molar-refractivity contribution < 1.29 is 4.79 Å². The van der Waals surface area contributed by atoms with E-state index in [9.17, 15) is 4.79 Å². The summed E-state index contributed by atoms with van der Waals surface area (Å²) in [6.07, 6.45) is 1.03. The molecule has 1 N–H and O–H groups in total. The number of hydrogen-bond acceptors (Lipinski definition) is 5. The number of nitrogens with zero attached hydrogens (tertiary/aromatic N) is 4. The van der Waals surface area contributed by atoms with Crippen LogP contribution in [-0.4, -0.2) is 57.3 Å². The Bertz CT molecular complexity index is 658. The molecule has 118 valence electrons. The molecule has 0 spiro atoms. The van der Waals surface area contributed by atoms with E-state index < -0.39 is 0 Å². The van der Waals surface area contributed by atoms with Crippen molar-refractivity contribution in [1.29, 1.82) is 0 Å². The molecule has 2 heterocycles. The van der Waals surface area contributed by atoms with Gasteiger partial charge in [-0.2, -0.15) is 8.75 Å². The molecule has 0 bridgehead atoms. The minimum Gasteiger partial charge on any atom is -0.334 e. The largest absolute Gasteiger partial charge is 0.334 e. The van der Waals surface area contributed by atoms with E-state index in [1.54, 1.807) is 4.90 Å². The Morgan fingerprint density at radius 2 is 2.27 bits per heavy atom. The van der Waals surface area contributed by atoms with Crippen molar-refractivity contribution >= 4 is 28.8 Å². The number of rotatable bonds is 4. The molecule has 7 heteroatoms. The van der Waals surface area contributed by atoms with E-state index in [4.69, 9.17) is 0 Å². The van der Waals surface area contributed by atoms with Crippen LogP contribution in [0.1, 0.15) is 18.9 Å². The summed E-state index contributed by atoms with van der Waals surface area (Å²) in [5, 5.41) is 3.11. The van der Waals surface area contributed by atoms with Crippen LogP contribution in [-0.2, 0) is 6.54 Å². The highest BCUT2D eigenvalue weighted by molar-refractivity contribution is 7.00. The first-order valence-corrected chi connectivity index (χ1v) is 8.34. The van der Waals surface area contributed by atoms with Gasteiger partial charge in [0.05, 0.1) is 11.7 Å². The van der Waals surface area contributed by atoms with Gasteiger partial charge >= 0.3 is 6.03 Å². The van der Waals surface area contributed by atoms with Gasteiger partial charge in [0.25, 0.3) is 0 Å². The number of carbonyl (C=O) groups is 1. The number of hydrogen-bond donors (Lipinski definition) is 1. The average Bonchev–Trinajstić information content (AvgIpc) is 3.15. The molecule has 3 rings (SSSR count). The number of likely N-dealkylation sites (tertiary alicyclic amines) is 1. The molecule has 1 fully saturated rings. The molecule has 1 aromatic carbocycles. The van der Waals surface area contributed by atoms with Crippen LogP contribution in [0, 0.1) is 0 Å². The topological polar surface area (TPSA) is 61.4 Å². The molecule has 0 radical (unpaired) electrons. The molecule has 1 unspecified atom stereocenters. The number of carbonyl (C=O) groups excluding carboxylic acids is 1. The van der Waals surface area contributed by atoms with Crippen LogP contribution in [0.4, 0.5) is 4.79 Å². The van der Waals surface area contributed by atoms with Gasteiger partial charge in [0.2, 0.25) is 0 Å². The van der Waals surface area contributed by atoms with Gasteiger partial charge in [0.1, 0.15) is 11.0 Å². The first-order valence-electron chi connectivity index (χ1n) is 7.61. The van der Waals surface area contributed by atoms with Crippen molar-refractivity contribution in [3.8, 4) is 0 Å². The standard InChI is InChI=1S/C15H21N5OS/c1-3-20-7-6-12(10-20)16-15(21)19(2)9-11-4-5-13-14(8-11)18-22-17-13/h4-5,8,12H,3,6-7,9-10H2,1-2H3,(H,16,21). The lowest BCUT2D eigenvalue weighted by Gasteiger charge is -2.21. The lowest BCUT2D eigenvalue weighted by Crippen LogP contribution is -2.43. The van der Waals surface area contributed by atoms with Crippen LogP contribution in [0.5, 0.6) is 0 Å². The zero-order chi connectivity index (χ0) is 15.5. The van der Waals surface area contributed by atoms with Crippen molar-refractivity contribution in [2.45, 2.75) is 25.9 Å². The summed E-state index contributed by atoms with van der Waals surface area (Å²) in [6.45, 7) is 5.79. The summed E-state index contributed by atoms with van der Waals surface area (Å²) in [7, 11) is 1.82. The Labute approximate surface area is 134 Å². The van der Waals surface area contributed by atoms with Crippen LogP contribution < -0.4 is 5.32 Å². The summed E-state index contributed by atoms with van der Waals surface area (Å²) in [6, 6.07) is 6.20. The fourth-order valence-electron chi connectivity index (χ4n) is 2.79. The van der Waals surface area contributed by atoms with E-state index in [0.29, 0.717) is 6.54 Å². The van der Waals surface area contributed by atoms with Crippen LogP contribution in [0.3, 0.4) is 0 Å². The molecule has 0 aliphatic carbocycles. The molecule has 22 heavy (non-hydrogen) atoms. The van der Waals surface area contributed by atoms with Crippen LogP contribution in [0.15, 0.2) is 18.2 Å². The highest BCUT2D eigenvalue weighted by Gasteiger charge is 2.23. The maximum absolute atomic E-state index is 12.3. The molecule has 1 saturated heterocycles. The molecular weight excluding hydrogens is 298 g/mol. The third-order valence-electron chi connectivity index (χ3n) is 4.13. The zero-order valence-corrected chi connectivity index (χ0v) is 13.8. The Balaban J connectivity index is 1.56. The number of aromatic nitrogens is 2. The molecule has 1 atom stereocenters. The highest BCUT2D eigenvalue weighted by Crippen LogP contribution is 2.15. The van der Waals surface area contributed by atoms with E-state index in [1.807, 2.05) is 25.2 Å². The second-order valence-corrected chi connectivity index (χ2v) is 6.30. The normalized spacial score (nSPS) is 18.7. The van der Waals surface area contributed by atoms with Crippen molar-refractivity contribution in [1.82, 2.24) is 23.9 Å². The summed E-state index contributed by atoms with van der Waals surface area (Å²) >= 11 is 1.21. The lowest BCUT2D eigenvalue weighted by atomic mass is 10.2. The van der Waals surface area contributed by atoms with E-state index >= 15 is 0 Å². The van der Waals surface area contributed by atoms with E-state index in [-0.39, 0.29) is 12.1 Å². The first kappa shape index (κ1) is 15.2. The number of fused-ring (bicyclic) bond motifs is 1. The molecule has 1 aliphatic rings. The highest BCUT2D eigenvalue weighted by atomic mass is 32.1. The fourth-order valence-corrected chi connectivity index (χ4v) is 3.31. The quantitative estimate of drug-likeness (QED) is 0.935. The Kier molecular flexibility index (Phi) is 4.54. The van der Waals surface area contributed by atoms with E-state index in [0.717, 1.165) is 42.7 Å². The minimum atomic E-state index is -0.0144.